The van der Waals surface area contributed by atoms with E-state index in [0.717, 1.165) is 22.7 Å². The Kier molecular flexibility index (Phi) is 3.21. The lowest BCUT2D eigenvalue weighted by atomic mass is 10.1. The van der Waals surface area contributed by atoms with Crippen molar-refractivity contribution < 1.29 is 9.13 Å². The Hall–Kier alpha value is -2.62. The van der Waals surface area contributed by atoms with E-state index in [0.29, 0.717) is 0 Å². The molecule has 2 aromatic carbocycles. The molecule has 3 nitrogen and oxygen atoms in total. The van der Waals surface area contributed by atoms with Crippen LogP contribution in [0.1, 0.15) is 0 Å². The van der Waals surface area contributed by atoms with Crippen LogP contribution in [0.5, 0.6) is 5.75 Å². The lowest BCUT2D eigenvalue weighted by Crippen LogP contribution is -1.98. The van der Waals surface area contributed by atoms with Gasteiger partial charge in [0.05, 0.1) is 24.7 Å². The van der Waals surface area contributed by atoms with Crippen LogP contribution >= 0.6 is 0 Å². The maximum absolute atomic E-state index is 13.0. The molecule has 0 amide bonds. The Balaban J connectivity index is 2.02. The highest BCUT2D eigenvalue weighted by Crippen LogP contribution is 2.24. The van der Waals surface area contributed by atoms with Crippen molar-refractivity contribution in [2.75, 3.05) is 7.11 Å². The van der Waals surface area contributed by atoms with E-state index in [9.17, 15) is 4.39 Å². The fraction of sp³-hybridized carbons (Fsp3) is 0.0625. The fourth-order valence-electron chi connectivity index (χ4n) is 2.07. The predicted octanol–water partition coefficient (Wildman–Crippen LogP) is 3.69. The topological polar surface area (TPSA) is 27.1 Å². The van der Waals surface area contributed by atoms with Crippen LogP contribution in [0, 0.1) is 5.82 Å². The molecule has 4 heteroatoms. The van der Waals surface area contributed by atoms with E-state index in [2.05, 4.69) is 5.10 Å². The van der Waals surface area contributed by atoms with Gasteiger partial charge in [0, 0.05) is 5.56 Å². The molecule has 0 spiro atoms. The van der Waals surface area contributed by atoms with Gasteiger partial charge in [-0.2, -0.15) is 5.10 Å². The van der Waals surface area contributed by atoms with Gasteiger partial charge in [0.2, 0.25) is 0 Å². The Morgan fingerprint density at radius 1 is 0.950 bits per heavy atom. The van der Waals surface area contributed by atoms with Crippen molar-refractivity contribution in [3.8, 4) is 22.7 Å². The zero-order chi connectivity index (χ0) is 13.9. The van der Waals surface area contributed by atoms with Crippen LogP contribution < -0.4 is 4.74 Å². The Morgan fingerprint density at radius 3 is 2.30 bits per heavy atom. The Morgan fingerprint density at radius 2 is 1.65 bits per heavy atom. The van der Waals surface area contributed by atoms with Gasteiger partial charge in [-0.1, -0.05) is 0 Å². The van der Waals surface area contributed by atoms with Crippen LogP contribution in [-0.2, 0) is 0 Å². The third kappa shape index (κ3) is 2.28. The highest BCUT2D eigenvalue weighted by molar-refractivity contribution is 5.62. The average Bonchev–Trinajstić information content (AvgIpc) is 2.97. The summed E-state index contributed by atoms with van der Waals surface area (Å²) in [7, 11) is 1.64. The largest absolute Gasteiger partial charge is 0.497 e. The SMILES string of the molecule is COc1ccc(-c2ccnn2-c2ccc(F)cc2)cc1. The standard InChI is InChI=1S/C16H13FN2O/c1-20-15-8-2-12(3-9-15)16-10-11-18-19(16)14-6-4-13(17)5-7-14/h2-11H,1H3. The first-order chi connectivity index (χ1) is 9.78. The van der Waals surface area contributed by atoms with Gasteiger partial charge in [0.25, 0.3) is 0 Å². The van der Waals surface area contributed by atoms with Gasteiger partial charge in [-0.25, -0.2) is 9.07 Å². The monoisotopic (exact) mass is 268 g/mol. The minimum Gasteiger partial charge on any atom is -0.497 e. The third-order valence-electron chi connectivity index (χ3n) is 3.10. The van der Waals surface area contributed by atoms with E-state index < -0.39 is 0 Å². The summed E-state index contributed by atoms with van der Waals surface area (Å²) < 4.78 is 19.9. The van der Waals surface area contributed by atoms with E-state index in [4.69, 9.17) is 4.74 Å². The van der Waals surface area contributed by atoms with Crippen molar-refractivity contribution in [2.45, 2.75) is 0 Å². The molecule has 0 radical (unpaired) electrons. The summed E-state index contributed by atoms with van der Waals surface area (Å²) in [5.41, 5.74) is 2.79. The fourth-order valence-corrected chi connectivity index (χ4v) is 2.07. The number of aromatic nitrogens is 2. The first-order valence-electron chi connectivity index (χ1n) is 6.22. The molecule has 0 fully saturated rings. The van der Waals surface area contributed by atoms with Gasteiger partial charge in [-0.15, -0.1) is 0 Å². The smallest absolute Gasteiger partial charge is 0.123 e. The van der Waals surface area contributed by atoms with Crippen LogP contribution in [0.15, 0.2) is 60.8 Å². The first-order valence-corrected chi connectivity index (χ1v) is 6.22. The lowest BCUT2D eigenvalue weighted by Gasteiger charge is -2.08. The second-order valence-electron chi connectivity index (χ2n) is 4.33. The van der Waals surface area contributed by atoms with Crippen molar-refractivity contribution >= 4 is 0 Å². The van der Waals surface area contributed by atoms with E-state index >= 15 is 0 Å². The molecule has 0 aliphatic rings. The van der Waals surface area contributed by atoms with Gasteiger partial charge < -0.3 is 4.74 Å². The summed E-state index contributed by atoms with van der Waals surface area (Å²) in [6.45, 7) is 0. The molecule has 0 saturated carbocycles. The number of hydrogen-bond donors (Lipinski definition) is 0. The lowest BCUT2D eigenvalue weighted by molar-refractivity contribution is 0.415. The van der Waals surface area contributed by atoms with Crippen molar-refractivity contribution in [3.63, 3.8) is 0 Å². The zero-order valence-electron chi connectivity index (χ0n) is 11.0. The molecular formula is C16H13FN2O. The van der Waals surface area contributed by atoms with Crippen molar-refractivity contribution in [1.82, 2.24) is 9.78 Å². The quantitative estimate of drug-likeness (QED) is 0.724. The molecule has 100 valence electrons. The van der Waals surface area contributed by atoms with Gasteiger partial charge in [-0.05, 0) is 54.6 Å². The van der Waals surface area contributed by atoms with Crippen LogP contribution in [0.4, 0.5) is 4.39 Å². The molecule has 0 aliphatic carbocycles. The van der Waals surface area contributed by atoms with Crippen LogP contribution in [0.3, 0.4) is 0 Å². The predicted molar refractivity (Wildman–Crippen MR) is 75.5 cm³/mol. The first kappa shape index (κ1) is 12.4. The van der Waals surface area contributed by atoms with Gasteiger partial charge in [0.15, 0.2) is 0 Å². The van der Waals surface area contributed by atoms with Crippen molar-refractivity contribution in [2.24, 2.45) is 0 Å². The number of ether oxygens (including phenoxy) is 1. The highest BCUT2D eigenvalue weighted by Gasteiger charge is 2.07. The second-order valence-corrected chi connectivity index (χ2v) is 4.33. The van der Waals surface area contributed by atoms with Gasteiger partial charge in [0.1, 0.15) is 11.6 Å². The number of rotatable bonds is 3. The van der Waals surface area contributed by atoms with E-state index in [1.165, 1.54) is 12.1 Å². The van der Waals surface area contributed by atoms with Crippen LogP contribution in [0.25, 0.3) is 16.9 Å². The second kappa shape index (κ2) is 5.17. The molecule has 0 atom stereocenters. The number of benzene rings is 2. The summed E-state index contributed by atoms with van der Waals surface area (Å²) in [5.74, 6) is 0.550. The normalized spacial score (nSPS) is 10.5. The summed E-state index contributed by atoms with van der Waals surface area (Å²) >= 11 is 0. The zero-order valence-corrected chi connectivity index (χ0v) is 11.0. The molecule has 0 N–H and O–H groups in total. The minimum atomic E-state index is -0.257. The molecular weight excluding hydrogens is 255 g/mol. The van der Waals surface area contributed by atoms with Crippen LogP contribution in [0.2, 0.25) is 0 Å². The summed E-state index contributed by atoms with van der Waals surface area (Å²) in [6, 6.07) is 15.9. The third-order valence-corrected chi connectivity index (χ3v) is 3.10. The van der Waals surface area contributed by atoms with Gasteiger partial charge in [-0.3, -0.25) is 0 Å². The number of halogens is 1. The minimum absolute atomic E-state index is 0.257. The van der Waals surface area contributed by atoms with Crippen molar-refractivity contribution in [1.29, 1.82) is 0 Å². The maximum Gasteiger partial charge on any atom is 0.123 e. The molecule has 20 heavy (non-hydrogen) atoms. The molecule has 0 unspecified atom stereocenters. The van der Waals surface area contributed by atoms with E-state index in [1.807, 2.05) is 30.3 Å². The Labute approximate surface area is 116 Å². The van der Waals surface area contributed by atoms with E-state index in [1.54, 1.807) is 30.1 Å². The molecule has 0 bridgehead atoms. The molecule has 1 heterocycles. The summed E-state index contributed by atoms with van der Waals surface area (Å²) in [6.07, 6.45) is 1.73. The van der Waals surface area contributed by atoms with E-state index in [-0.39, 0.29) is 5.82 Å². The average molecular weight is 268 g/mol. The molecule has 3 rings (SSSR count). The molecule has 3 aromatic rings. The highest BCUT2D eigenvalue weighted by atomic mass is 19.1. The van der Waals surface area contributed by atoms with Gasteiger partial charge >= 0.3 is 0 Å². The molecule has 0 saturated heterocycles. The number of hydrogen-bond acceptors (Lipinski definition) is 2. The molecule has 0 aliphatic heterocycles. The maximum atomic E-state index is 13.0. The summed E-state index contributed by atoms with van der Waals surface area (Å²) in [4.78, 5) is 0. The molecule has 1 aromatic heterocycles. The van der Waals surface area contributed by atoms with Crippen molar-refractivity contribution in [3.05, 3.63) is 66.6 Å². The number of nitrogens with zero attached hydrogens (tertiary/aromatic N) is 2. The Bertz CT molecular complexity index is 702. The summed E-state index contributed by atoms with van der Waals surface area (Å²) in [5, 5.41) is 4.30. The van der Waals surface area contributed by atoms with Crippen LogP contribution in [-0.4, -0.2) is 16.9 Å². The number of methoxy groups -OCH3 is 1.